The van der Waals surface area contributed by atoms with Crippen molar-refractivity contribution in [3.63, 3.8) is 0 Å². The van der Waals surface area contributed by atoms with Crippen LogP contribution in [-0.4, -0.2) is 32.6 Å². The number of amides is 1. The van der Waals surface area contributed by atoms with Gasteiger partial charge in [0.15, 0.2) is 5.13 Å². The monoisotopic (exact) mass is 293 g/mol. The van der Waals surface area contributed by atoms with Gasteiger partial charge in [-0.1, -0.05) is 11.3 Å². The molecule has 7 heteroatoms. The van der Waals surface area contributed by atoms with Crippen LogP contribution in [0.5, 0.6) is 0 Å². The Balaban J connectivity index is 2.15. The lowest BCUT2D eigenvalue weighted by molar-refractivity contribution is 0.0788. The Hall–Kier alpha value is -1.89. The SMILES string of the molecule is CCn1cc(CN(C)C(=O)c2sc(N)nc2C)c(C)n1. The molecule has 0 saturated carbocycles. The quantitative estimate of drug-likeness (QED) is 0.933. The second kappa shape index (κ2) is 5.62. The molecule has 0 radical (unpaired) electrons. The van der Waals surface area contributed by atoms with Crippen molar-refractivity contribution in [1.82, 2.24) is 19.7 Å². The van der Waals surface area contributed by atoms with Gasteiger partial charge in [0.05, 0.1) is 11.4 Å². The highest BCUT2D eigenvalue weighted by molar-refractivity contribution is 7.17. The Labute approximate surface area is 122 Å². The van der Waals surface area contributed by atoms with Gasteiger partial charge in [-0.3, -0.25) is 9.48 Å². The van der Waals surface area contributed by atoms with Crippen LogP contribution in [0.2, 0.25) is 0 Å². The molecule has 2 N–H and O–H groups in total. The van der Waals surface area contributed by atoms with E-state index < -0.39 is 0 Å². The van der Waals surface area contributed by atoms with Crippen LogP contribution in [0.1, 0.15) is 33.5 Å². The number of hydrogen-bond acceptors (Lipinski definition) is 5. The molecule has 2 rings (SSSR count). The molecule has 0 aromatic carbocycles. The number of nitrogens with zero attached hydrogens (tertiary/aromatic N) is 4. The predicted molar refractivity (Wildman–Crippen MR) is 79.7 cm³/mol. The first-order valence-corrected chi connectivity index (χ1v) is 7.25. The zero-order valence-corrected chi connectivity index (χ0v) is 13.0. The maximum Gasteiger partial charge on any atom is 0.265 e. The number of hydrogen-bond donors (Lipinski definition) is 1. The lowest BCUT2D eigenvalue weighted by Crippen LogP contribution is -2.26. The minimum atomic E-state index is -0.0552. The summed E-state index contributed by atoms with van der Waals surface area (Å²) in [4.78, 5) is 18.7. The highest BCUT2D eigenvalue weighted by Gasteiger charge is 2.19. The molecule has 0 bridgehead atoms. The molecule has 0 unspecified atom stereocenters. The summed E-state index contributed by atoms with van der Waals surface area (Å²) in [6.45, 7) is 7.14. The Morgan fingerprint density at radius 2 is 2.15 bits per heavy atom. The van der Waals surface area contributed by atoms with Gasteiger partial charge in [-0.15, -0.1) is 0 Å². The van der Waals surface area contributed by atoms with Crippen molar-refractivity contribution in [3.8, 4) is 0 Å². The number of aryl methyl sites for hydroxylation is 3. The van der Waals surface area contributed by atoms with Crippen LogP contribution < -0.4 is 5.73 Å². The summed E-state index contributed by atoms with van der Waals surface area (Å²) in [6.07, 6.45) is 1.98. The third-order valence-electron chi connectivity index (χ3n) is 3.13. The van der Waals surface area contributed by atoms with E-state index in [-0.39, 0.29) is 5.91 Å². The predicted octanol–water partition coefficient (Wildman–Crippen LogP) is 1.83. The molecule has 2 aromatic heterocycles. The van der Waals surface area contributed by atoms with E-state index in [4.69, 9.17) is 5.73 Å². The van der Waals surface area contributed by atoms with Crippen molar-refractivity contribution in [2.75, 3.05) is 12.8 Å². The average Bonchev–Trinajstić information content (AvgIpc) is 2.91. The number of carbonyl (C=O) groups excluding carboxylic acids is 1. The largest absolute Gasteiger partial charge is 0.375 e. The zero-order chi connectivity index (χ0) is 14.9. The van der Waals surface area contributed by atoms with E-state index in [9.17, 15) is 4.79 Å². The fourth-order valence-corrected chi connectivity index (χ4v) is 2.82. The third kappa shape index (κ3) is 2.82. The summed E-state index contributed by atoms with van der Waals surface area (Å²) < 4.78 is 1.87. The Bertz CT molecular complexity index is 631. The smallest absolute Gasteiger partial charge is 0.265 e. The van der Waals surface area contributed by atoms with E-state index in [1.807, 2.05) is 24.7 Å². The normalized spacial score (nSPS) is 10.8. The molecule has 0 saturated heterocycles. The molecule has 20 heavy (non-hydrogen) atoms. The first-order valence-electron chi connectivity index (χ1n) is 6.43. The number of thiazole rings is 1. The molecule has 2 aromatic rings. The minimum Gasteiger partial charge on any atom is -0.375 e. The first-order chi connectivity index (χ1) is 9.42. The van der Waals surface area contributed by atoms with Crippen molar-refractivity contribution in [2.24, 2.45) is 0 Å². The van der Waals surface area contributed by atoms with E-state index in [1.54, 1.807) is 18.9 Å². The van der Waals surface area contributed by atoms with Crippen molar-refractivity contribution in [3.05, 3.63) is 28.0 Å². The van der Waals surface area contributed by atoms with E-state index in [2.05, 4.69) is 10.1 Å². The Morgan fingerprint density at radius 3 is 2.65 bits per heavy atom. The maximum atomic E-state index is 12.4. The van der Waals surface area contributed by atoms with Gasteiger partial charge in [-0.2, -0.15) is 5.10 Å². The van der Waals surface area contributed by atoms with Gasteiger partial charge in [0.2, 0.25) is 0 Å². The molecule has 0 atom stereocenters. The van der Waals surface area contributed by atoms with Gasteiger partial charge in [-0.05, 0) is 20.8 Å². The Kier molecular flexibility index (Phi) is 4.08. The fraction of sp³-hybridized carbons (Fsp3) is 0.462. The number of nitrogens with two attached hydrogens (primary N) is 1. The van der Waals surface area contributed by atoms with Crippen LogP contribution in [0.4, 0.5) is 5.13 Å². The molecule has 108 valence electrons. The standard InChI is InChI=1S/C13H19N5OS/c1-5-18-7-10(8(2)16-18)6-17(4)12(19)11-9(3)15-13(14)20-11/h7H,5-6H2,1-4H3,(H2,14,15). The van der Waals surface area contributed by atoms with E-state index >= 15 is 0 Å². The fourth-order valence-electron chi connectivity index (χ4n) is 1.99. The summed E-state index contributed by atoms with van der Waals surface area (Å²) in [5.41, 5.74) is 8.33. The van der Waals surface area contributed by atoms with Gasteiger partial charge < -0.3 is 10.6 Å². The lowest BCUT2D eigenvalue weighted by Gasteiger charge is -2.15. The van der Waals surface area contributed by atoms with Crippen LogP contribution in [-0.2, 0) is 13.1 Å². The van der Waals surface area contributed by atoms with Crippen LogP contribution in [0, 0.1) is 13.8 Å². The summed E-state index contributed by atoms with van der Waals surface area (Å²) in [5.74, 6) is -0.0552. The number of nitrogen functional groups attached to an aromatic ring is 1. The van der Waals surface area contributed by atoms with Crippen molar-refractivity contribution in [1.29, 1.82) is 0 Å². The van der Waals surface area contributed by atoms with Gasteiger partial charge in [-0.25, -0.2) is 4.98 Å². The van der Waals surface area contributed by atoms with Crippen molar-refractivity contribution < 1.29 is 4.79 Å². The molecule has 6 nitrogen and oxygen atoms in total. The lowest BCUT2D eigenvalue weighted by atomic mass is 10.2. The van der Waals surface area contributed by atoms with Crippen LogP contribution in [0.3, 0.4) is 0 Å². The van der Waals surface area contributed by atoms with Crippen molar-refractivity contribution in [2.45, 2.75) is 33.9 Å². The second-order valence-corrected chi connectivity index (χ2v) is 5.75. The summed E-state index contributed by atoms with van der Waals surface area (Å²) in [6, 6.07) is 0. The molecule has 1 amide bonds. The Morgan fingerprint density at radius 1 is 1.45 bits per heavy atom. The van der Waals surface area contributed by atoms with Crippen molar-refractivity contribution >= 4 is 22.4 Å². The third-order valence-corrected chi connectivity index (χ3v) is 4.11. The average molecular weight is 293 g/mol. The molecular formula is C13H19N5OS. The van der Waals surface area contributed by atoms with Gasteiger partial charge >= 0.3 is 0 Å². The van der Waals surface area contributed by atoms with E-state index in [0.29, 0.717) is 22.2 Å². The van der Waals surface area contributed by atoms with Crippen LogP contribution in [0.25, 0.3) is 0 Å². The highest BCUT2D eigenvalue weighted by atomic mass is 32.1. The van der Waals surface area contributed by atoms with Crippen LogP contribution >= 0.6 is 11.3 Å². The molecule has 0 aliphatic carbocycles. The summed E-state index contributed by atoms with van der Waals surface area (Å²) >= 11 is 1.23. The maximum absolute atomic E-state index is 12.4. The number of rotatable bonds is 4. The molecule has 0 spiro atoms. The zero-order valence-electron chi connectivity index (χ0n) is 12.2. The summed E-state index contributed by atoms with van der Waals surface area (Å²) in [5, 5.41) is 4.81. The first kappa shape index (κ1) is 14.5. The molecular weight excluding hydrogens is 274 g/mol. The van der Waals surface area contributed by atoms with E-state index in [1.165, 1.54) is 11.3 Å². The molecule has 0 aliphatic heterocycles. The molecule has 0 fully saturated rings. The van der Waals surface area contributed by atoms with Crippen LogP contribution in [0.15, 0.2) is 6.20 Å². The highest BCUT2D eigenvalue weighted by Crippen LogP contribution is 2.22. The topological polar surface area (TPSA) is 77.0 Å². The number of carbonyl (C=O) groups is 1. The second-order valence-electron chi connectivity index (χ2n) is 4.72. The minimum absolute atomic E-state index is 0.0552. The van der Waals surface area contributed by atoms with Gasteiger partial charge in [0, 0.05) is 31.9 Å². The number of aromatic nitrogens is 3. The molecule has 0 aliphatic rings. The van der Waals surface area contributed by atoms with Gasteiger partial charge in [0.1, 0.15) is 4.88 Å². The number of anilines is 1. The molecule has 2 heterocycles. The van der Waals surface area contributed by atoms with E-state index in [0.717, 1.165) is 17.8 Å². The van der Waals surface area contributed by atoms with Gasteiger partial charge in [0.25, 0.3) is 5.91 Å². The summed E-state index contributed by atoms with van der Waals surface area (Å²) in [7, 11) is 1.78.